The lowest BCUT2D eigenvalue weighted by Gasteiger charge is -2.16. The predicted molar refractivity (Wildman–Crippen MR) is 85.1 cm³/mol. The van der Waals surface area contributed by atoms with Gasteiger partial charge in [-0.2, -0.15) is 11.8 Å². The third kappa shape index (κ3) is 4.67. The van der Waals surface area contributed by atoms with Gasteiger partial charge in [0.25, 0.3) is 5.91 Å². The minimum atomic E-state index is -0.0649. The maximum atomic E-state index is 12.0. The van der Waals surface area contributed by atoms with Crippen molar-refractivity contribution in [3.05, 3.63) is 23.8 Å². The van der Waals surface area contributed by atoms with Crippen LogP contribution in [-0.4, -0.2) is 38.6 Å². The average molecular weight is 281 g/mol. The van der Waals surface area contributed by atoms with Crippen molar-refractivity contribution >= 4 is 29.0 Å². The molecule has 1 rings (SSSR count). The van der Waals surface area contributed by atoms with Gasteiger partial charge in [0.2, 0.25) is 0 Å². The van der Waals surface area contributed by atoms with Crippen LogP contribution in [0.15, 0.2) is 18.2 Å². The topological polar surface area (TPSA) is 58.4 Å². The molecule has 19 heavy (non-hydrogen) atoms. The second kappa shape index (κ2) is 7.28. The van der Waals surface area contributed by atoms with Crippen LogP contribution < -0.4 is 16.0 Å². The number of hydrogen-bond acceptors (Lipinski definition) is 4. The van der Waals surface area contributed by atoms with Gasteiger partial charge < -0.3 is 16.0 Å². The summed E-state index contributed by atoms with van der Waals surface area (Å²) in [6.45, 7) is 2.81. The smallest absolute Gasteiger partial charge is 0.251 e. The lowest BCUT2D eigenvalue weighted by atomic mass is 10.1. The van der Waals surface area contributed by atoms with Crippen LogP contribution in [0.4, 0.5) is 11.4 Å². The van der Waals surface area contributed by atoms with Crippen LogP contribution in [0.1, 0.15) is 17.3 Å². The zero-order valence-corrected chi connectivity index (χ0v) is 12.9. The fraction of sp³-hybridized carbons (Fsp3) is 0.500. The van der Waals surface area contributed by atoms with Crippen LogP contribution in [0.3, 0.4) is 0 Å². The Bertz CT molecular complexity index is 435. The Hall–Kier alpha value is -1.36. The van der Waals surface area contributed by atoms with Crippen molar-refractivity contribution in [2.45, 2.75) is 6.92 Å². The highest BCUT2D eigenvalue weighted by Crippen LogP contribution is 2.22. The van der Waals surface area contributed by atoms with E-state index in [1.54, 1.807) is 23.9 Å². The number of hydrogen-bond donors (Lipinski definition) is 2. The molecule has 1 amide bonds. The summed E-state index contributed by atoms with van der Waals surface area (Å²) in [6, 6.07) is 5.40. The van der Waals surface area contributed by atoms with Gasteiger partial charge in [-0.3, -0.25) is 4.79 Å². The summed E-state index contributed by atoms with van der Waals surface area (Å²) < 4.78 is 0. The Morgan fingerprint density at radius 1 is 1.47 bits per heavy atom. The van der Waals surface area contributed by atoms with E-state index in [1.165, 1.54) is 0 Å². The number of nitrogens with one attached hydrogen (secondary N) is 1. The quantitative estimate of drug-likeness (QED) is 0.784. The minimum Gasteiger partial charge on any atom is -0.397 e. The van der Waals surface area contributed by atoms with Crippen LogP contribution in [0.25, 0.3) is 0 Å². The number of carbonyl (C=O) groups excluding carboxylic acids is 1. The van der Waals surface area contributed by atoms with Crippen molar-refractivity contribution in [2.24, 2.45) is 5.92 Å². The average Bonchev–Trinajstić information content (AvgIpc) is 2.35. The SMILES string of the molecule is CSCC(C)CNC(=O)c1ccc(N(C)C)c(N)c1. The first-order chi connectivity index (χ1) is 8.95. The first-order valence-corrected chi connectivity index (χ1v) is 7.69. The number of thioether (sulfide) groups is 1. The van der Waals surface area contributed by atoms with Crippen LogP contribution in [-0.2, 0) is 0 Å². The fourth-order valence-electron chi connectivity index (χ4n) is 1.82. The number of nitrogens with two attached hydrogens (primary N) is 1. The molecule has 0 aliphatic rings. The molecule has 0 heterocycles. The molecule has 0 spiro atoms. The highest BCUT2D eigenvalue weighted by molar-refractivity contribution is 7.98. The van der Waals surface area contributed by atoms with E-state index in [0.717, 1.165) is 11.4 Å². The van der Waals surface area contributed by atoms with Gasteiger partial charge in [-0.05, 0) is 36.1 Å². The Balaban J connectivity index is 2.65. The molecule has 106 valence electrons. The van der Waals surface area contributed by atoms with E-state index >= 15 is 0 Å². The summed E-state index contributed by atoms with van der Waals surface area (Å²) in [5, 5.41) is 2.94. The van der Waals surface area contributed by atoms with Crippen LogP contribution in [0, 0.1) is 5.92 Å². The van der Waals surface area contributed by atoms with Crippen molar-refractivity contribution in [3.63, 3.8) is 0 Å². The summed E-state index contributed by atoms with van der Waals surface area (Å²) in [5.74, 6) is 1.45. The van der Waals surface area contributed by atoms with Gasteiger partial charge in [0.05, 0.1) is 11.4 Å². The van der Waals surface area contributed by atoms with E-state index in [1.807, 2.05) is 25.1 Å². The van der Waals surface area contributed by atoms with Crippen molar-refractivity contribution in [3.8, 4) is 0 Å². The summed E-state index contributed by atoms with van der Waals surface area (Å²) in [7, 11) is 3.85. The highest BCUT2D eigenvalue weighted by Gasteiger charge is 2.10. The zero-order valence-electron chi connectivity index (χ0n) is 12.1. The van der Waals surface area contributed by atoms with Gasteiger partial charge in [-0.15, -0.1) is 0 Å². The minimum absolute atomic E-state index is 0.0649. The standard InChI is InChI=1S/C14H23N3OS/c1-10(9-19-4)8-16-14(18)11-5-6-13(17(2)3)12(15)7-11/h5-7,10H,8-9,15H2,1-4H3,(H,16,18). The van der Waals surface area contributed by atoms with Gasteiger partial charge >= 0.3 is 0 Å². The molecule has 0 fully saturated rings. The first kappa shape index (κ1) is 15.7. The van der Waals surface area contributed by atoms with E-state index in [-0.39, 0.29) is 5.91 Å². The van der Waals surface area contributed by atoms with E-state index in [0.29, 0.717) is 23.7 Å². The molecule has 0 aliphatic heterocycles. The van der Waals surface area contributed by atoms with Gasteiger partial charge in [0.1, 0.15) is 0 Å². The molecule has 0 aromatic heterocycles. The van der Waals surface area contributed by atoms with Crippen molar-refractivity contribution in [1.29, 1.82) is 0 Å². The summed E-state index contributed by atoms with van der Waals surface area (Å²) in [6.07, 6.45) is 2.07. The largest absolute Gasteiger partial charge is 0.397 e. The molecular formula is C14H23N3OS. The Morgan fingerprint density at radius 3 is 2.68 bits per heavy atom. The zero-order chi connectivity index (χ0) is 14.4. The number of anilines is 2. The Kier molecular flexibility index (Phi) is 6.02. The van der Waals surface area contributed by atoms with E-state index in [9.17, 15) is 4.79 Å². The lowest BCUT2D eigenvalue weighted by Crippen LogP contribution is -2.29. The molecule has 0 saturated heterocycles. The second-order valence-electron chi connectivity index (χ2n) is 4.94. The number of nitrogens with zero attached hydrogens (tertiary/aromatic N) is 1. The summed E-state index contributed by atoms with van der Waals surface area (Å²) in [5.41, 5.74) is 8.09. The normalized spacial score (nSPS) is 12.0. The van der Waals surface area contributed by atoms with Crippen molar-refractivity contribution in [2.75, 3.05) is 43.3 Å². The number of carbonyl (C=O) groups is 1. The molecule has 0 aliphatic carbocycles. The van der Waals surface area contributed by atoms with Gasteiger partial charge in [0, 0.05) is 26.2 Å². The van der Waals surface area contributed by atoms with E-state index in [2.05, 4.69) is 18.5 Å². The van der Waals surface area contributed by atoms with Crippen LogP contribution >= 0.6 is 11.8 Å². The Labute approximate surface area is 119 Å². The predicted octanol–water partition coefficient (Wildman–Crippen LogP) is 2.06. The lowest BCUT2D eigenvalue weighted by molar-refractivity contribution is 0.0949. The molecule has 1 unspecified atom stereocenters. The molecule has 0 bridgehead atoms. The molecule has 1 aromatic carbocycles. The third-order valence-electron chi connectivity index (χ3n) is 2.83. The highest BCUT2D eigenvalue weighted by atomic mass is 32.2. The molecule has 3 N–H and O–H groups in total. The van der Waals surface area contributed by atoms with Crippen molar-refractivity contribution < 1.29 is 4.79 Å². The molecule has 1 atom stereocenters. The number of nitrogen functional groups attached to an aromatic ring is 1. The maximum Gasteiger partial charge on any atom is 0.251 e. The molecule has 1 aromatic rings. The van der Waals surface area contributed by atoms with Crippen molar-refractivity contribution in [1.82, 2.24) is 5.32 Å². The fourth-order valence-corrected chi connectivity index (χ4v) is 2.50. The van der Waals surface area contributed by atoms with Crippen LogP contribution in [0.5, 0.6) is 0 Å². The number of amides is 1. The van der Waals surface area contributed by atoms with E-state index < -0.39 is 0 Å². The molecule has 0 radical (unpaired) electrons. The van der Waals surface area contributed by atoms with E-state index in [4.69, 9.17) is 5.73 Å². The summed E-state index contributed by atoms with van der Waals surface area (Å²) in [4.78, 5) is 13.9. The summed E-state index contributed by atoms with van der Waals surface area (Å²) >= 11 is 1.79. The second-order valence-corrected chi connectivity index (χ2v) is 5.85. The molecular weight excluding hydrogens is 258 g/mol. The molecule has 0 saturated carbocycles. The maximum absolute atomic E-state index is 12.0. The number of benzene rings is 1. The van der Waals surface area contributed by atoms with Gasteiger partial charge in [-0.1, -0.05) is 6.92 Å². The monoisotopic (exact) mass is 281 g/mol. The first-order valence-electron chi connectivity index (χ1n) is 6.29. The van der Waals surface area contributed by atoms with Gasteiger partial charge in [-0.25, -0.2) is 0 Å². The van der Waals surface area contributed by atoms with Gasteiger partial charge in [0.15, 0.2) is 0 Å². The Morgan fingerprint density at radius 2 is 2.16 bits per heavy atom. The molecule has 4 nitrogen and oxygen atoms in total. The third-order valence-corrected chi connectivity index (χ3v) is 3.74. The number of rotatable bonds is 6. The van der Waals surface area contributed by atoms with Crippen LogP contribution in [0.2, 0.25) is 0 Å². The molecule has 5 heteroatoms.